The summed E-state index contributed by atoms with van der Waals surface area (Å²) in [4.78, 5) is 14.3. The highest BCUT2D eigenvalue weighted by Crippen LogP contribution is 2.26. The largest absolute Gasteiger partial charge is 0.319 e. The first-order valence-corrected chi connectivity index (χ1v) is 7.13. The van der Waals surface area contributed by atoms with Crippen LogP contribution in [0.3, 0.4) is 0 Å². The fourth-order valence-corrected chi connectivity index (χ4v) is 3.05. The molecule has 1 unspecified atom stereocenters. The zero-order valence-corrected chi connectivity index (χ0v) is 11.2. The Hall–Kier alpha value is -1.33. The van der Waals surface area contributed by atoms with Crippen LogP contribution in [0, 0.1) is 5.92 Å². The van der Waals surface area contributed by atoms with Crippen LogP contribution in [-0.4, -0.2) is 28.5 Å². The molecule has 0 amide bonds. The van der Waals surface area contributed by atoms with Crippen LogP contribution in [0.25, 0.3) is 10.7 Å². The van der Waals surface area contributed by atoms with Crippen molar-refractivity contribution in [2.75, 3.05) is 13.6 Å². The summed E-state index contributed by atoms with van der Waals surface area (Å²) in [6.07, 6.45) is 7.21. The summed E-state index contributed by atoms with van der Waals surface area (Å²) in [5.41, 5.74) is 4.36. The number of hydrogen-bond acceptors (Lipinski definition) is 5. The van der Waals surface area contributed by atoms with Gasteiger partial charge >= 0.3 is 0 Å². The van der Waals surface area contributed by atoms with Gasteiger partial charge in [-0.1, -0.05) is 0 Å². The van der Waals surface area contributed by atoms with Gasteiger partial charge in [-0.15, -0.1) is 11.3 Å². The van der Waals surface area contributed by atoms with Gasteiger partial charge in [0, 0.05) is 18.1 Å². The number of hydrogen-bond donors (Lipinski definition) is 1. The Morgan fingerprint density at radius 3 is 3.17 bits per heavy atom. The lowest BCUT2D eigenvalue weighted by atomic mass is 9.87. The first-order chi connectivity index (χ1) is 8.86. The average Bonchev–Trinajstić information content (AvgIpc) is 2.92. The number of aromatic nitrogens is 3. The molecule has 5 heteroatoms. The van der Waals surface area contributed by atoms with Crippen LogP contribution < -0.4 is 5.32 Å². The molecule has 4 nitrogen and oxygen atoms in total. The van der Waals surface area contributed by atoms with Crippen molar-refractivity contribution in [1.29, 1.82) is 0 Å². The lowest BCUT2D eigenvalue weighted by Crippen LogP contribution is -2.25. The molecule has 0 radical (unpaired) electrons. The lowest BCUT2D eigenvalue weighted by molar-refractivity contribution is 0.434. The minimum atomic E-state index is 0.723. The predicted octanol–water partition coefficient (Wildman–Crippen LogP) is 1.92. The Kier molecular flexibility index (Phi) is 3.34. The smallest absolute Gasteiger partial charge is 0.171 e. The fraction of sp³-hybridized carbons (Fsp3) is 0.462. The van der Waals surface area contributed by atoms with E-state index in [1.54, 1.807) is 11.3 Å². The van der Waals surface area contributed by atoms with Crippen molar-refractivity contribution >= 4 is 11.3 Å². The summed E-state index contributed by atoms with van der Waals surface area (Å²) in [6, 6.07) is 0. The molecule has 94 valence electrons. The molecule has 1 aliphatic rings. The van der Waals surface area contributed by atoms with Crippen LogP contribution in [0.5, 0.6) is 0 Å². The Morgan fingerprint density at radius 1 is 1.44 bits per heavy atom. The van der Waals surface area contributed by atoms with Crippen LogP contribution in [-0.2, 0) is 12.8 Å². The van der Waals surface area contributed by atoms with Gasteiger partial charge in [0.05, 0.1) is 10.4 Å². The van der Waals surface area contributed by atoms with Gasteiger partial charge < -0.3 is 5.32 Å². The summed E-state index contributed by atoms with van der Waals surface area (Å²) in [6.45, 7) is 1.08. The third-order valence-electron chi connectivity index (χ3n) is 3.40. The minimum absolute atomic E-state index is 0.723. The van der Waals surface area contributed by atoms with Crippen molar-refractivity contribution in [3.8, 4) is 10.7 Å². The molecular formula is C13H16N4S. The molecule has 0 aromatic carbocycles. The van der Waals surface area contributed by atoms with Gasteiger partial charge in [0.15, 0.2) is 5.82 Å². The number of fused-ring (bicyclic) bond motifs is 1. The SMILES string of the molecule is CNCC1CCc2nc(-c3cncs3)ncc2C1. The van der Waals surface area contributed by atoms with Gasteiger partial charge in [-0.25, -0.2) is 9.97 Å². The number of nitrogens with zero attached hydrogens (tertiary/aromatic N) is 3. The van der Waals surface area contributed by atoms with E-state index in [4.69, 9.17) is 0 Å². The van der Waals surface area contributed by atoms with Crippen molar-refractivity contribution < 1.29 is 0 Å². The zero-order chi connectivity index (χ0) is 12.4. The summed E-state index contributed by atoms with van der Waals surface area (Å²) < 4.78 is 0. The Morgan fingerprint density at radius 2 is 2.39 bits per heavy atom. The van der Waals surface area contributed by atoms with Gasteiger partial charge in [-0.2, -0.15) is 0 Å². The van der Waals surface area contributed by atoms with Crippen LogP contribution in [0.15, 0.2) is 17.9 Å². The highest BCUT2D eigenvalue weighted by Gasteiger charge is 2.20. The molecule has 0 saturated heterocycles. The molecule has 0 aliphatic heterocycles. The highest BCUT2D eigenvalue weighted by atomic mass is 32.1. The molecule has 1 N–H and O–H groups in total. The summed E-state index contributed by atoms with van der Waals surface area (Å²) in [5, 5.41) is 3.25. The van der Waals surface area contributed by atoms with Crippen molar-refractivity contribution in [1.82, 2.24) is 20.3 Å². The third-order valence-corrected chi connectivity index (χ3v) is 4.17. The molecule has 2 aromatic heterocycles. The van der Waals surface area contributed by atoms with E-state index in [1.165, 1.54) is 17.7 Å². The molecule has 0 saturated carbocycles. The second kappa shape index (κ2) is 5.12. The summed E-state index contributed by atoms with van der Waals surface area (Å²) in [5.74, 6) is 1.55. The van der Waals surface area contributed by atoms with Gasteiger partial charge in [-0.05, 0) is 44.3 Å². The second-order valence-corrected chi connectivity index (χ2v) is 5.58. The Balaban J connectivity index is 1.85. The van der Waals surface area contributed by atoms with Crippen molar-refractivity contribution in [3.05, 3.63) is 29.2 Å². The van der Waals surface area contributed by atoms with E-state index >= 15 is 0 Å². The van der Waals surface area contributed by atoms with E-state index in [2.05, 4.69) is 20.3 Å². The normalized spacial score (nSPS) is 18.6. The zero-order valence-electron chi connectivity index (χ0n) is 10.4. The second-order valence-electron chi connectivity index (χ2n) is 4.70. The quantitative estimate of drug-likeness (QED) is 0.916. The molecular weight excluding hydrogens is 244 g/mol. The van der Waals surface area contributed by atoms with Crippen LogP contribution in [0.4, 0.5) is 0 Å². The number of nitrogens with one attached hydrogen (secondary N) is 1. The highest BCUT2D eigenvalue weighted by molar-refractivity contribution is 7.13. The molecule has 1 aliphatic carbocycles. The number of thiazole rings is 1. The van der Waals surface area contributed by atoms with Crippen molar-refractivity contribution in [3.63, 3.8) is 0 Å². The Bertz CT molecular complexity index is 524. The van der Waals surface area contributed by atoms with E-state index < -0.39 is 0 Å². The molecule has 0 bridgehead atoms. The van der Waals surface area contributed by atoms with E-state index in [0.717, 1.165) is 36.0 Å². The first-order valence-electron chi connectivity index (χ1n) is 6.25. The molecule has 2 heterocycles. The molecule has 3 rings (SSSR count). The van der Waals surface area contributed by atoms with Gasteiger partial charge in [-0.3, -0.25) is 4.98 Å². The molecule has 18 heavy (non-hydrogen) atoms. The number of rotatable bonds is 3. The van der Waals surface area contributed by atoms with Gasteiger partial charge in [0.2, 0.25) is 0 Å². The molecule has 0 spiro atoms. The molecule has 0 fully saturated rings. The van der Waals surface area contributed by atoms with E-state index in [9.17, 15) is 0 Å². The predicted molar refractivity (Wildman–Crippen MR) is 72.6 cm³/mol. The number of aryl methyl sites for hydroxylation is 1. The summed E-state index contributed by atoms with van der Waals surface area (Å²) in [7, 11) is 2.01. The summed E-state index contributed by atoms with van der Waals surface area (Å²) >= 11 is 1.59. The van der Waals surface area contributed by atoms with E-state index in [-0.39, 0.29) is 0 Å². The van der Waals surface area contributed by atoms with Crippen LogP contribution >= 0.6 is 11.3 Å². The maximum atomic E-state index is 4.69. The maximum absolute atomic E-state index is 4.69. The van der Waals surface area contributed by atoms with Gasteiger partial charge in [0.1, 0.15) is 0 Å². The van der Waals surface area contributed by atoms with Crippen LogP contribution in [0.2, 0.25) is 0 Å². The molecule has 1 atom stereocenters. The van der Waals surface area contributed by atoms with Crippen molar-refractivity contribution in [2.45, 2.75) is 19.3 Å². The van der Waals surface area contributed by atoms with E-state index in [0.29, 0.717) is 0 Å². The molecule has 2 aromatic rings. The van der Waals surface area contributed by atoms with Gasteiger partial charge in [0.25, 0.3) is 0 Å². The van der Waals surface area contributed by atoms with E-state index in [1.807, 2.05) is 25.0 Å². The standard InChI is InChI=1S/C13H16N4S/c1-14-5-9-2-3-11-10(4-9)6-16-13(17-11)12-7-15-8-18-12/h6-9,14H,2-5H2,1H3. The van der Waals surface area contributed by atoms with Crippen LogP contribution in [0.1, 0.15) is 17.7 Å². The maximum Gasteiger partial charge on any atom is 0.171 e. The fourth-order valence-electron chi connectivity index (χ4n) is 2.49. The lowest BCUT2D eigenvalue weighted by Gasteiger charge is -2.23. The monoisotopic (exact) mass is 260 g/mol. The minimum Gasteiger partial charge on any atom is -0.319 e. The van der Waals surface area contributed by atoms with Crippen molar-refractivity contribution in [2.24, 2.45) is 5.92 Å². The Labute approximate surface area is 111 Å². The third kappa shape index (κ3) is 2.28. The topological polar surface area (TPSA) is 50.7 Å². The average molecular weight is 260 g/mol. The first kappa shape index (κ1) is 11.7.